The summed E-state index contributed by atoms with van der Waals surface area (Å²) in [5, 5.41) is 17.9. The number of aromatic hydroxyl groups is 1. The van der Waals surface area contributed by atoms with Crippen molar-refractivity contribution in [2.75, 3.05) is 6.54 Å². The van der Waals surface area contributed by atoms with Gasteiger partial charge in [0.1, 0.15) is 5.75 Å². The third-order valence-corrected chi connectivity index (χ3v) is 3.08. The number of rotatable bonds is 6. The fraction of sp³-hybridized carbons (Fsp3) is 0.467. The number of amides is 1. The van der Waals surface area contributed by atoms with Gasteiger partial charge in [0, 0.05) is 12.6 Å². The van der Waals surface area contributed by atoms with Crippen molar-refractivity contribution >= 4 is 5.91 Å². The van der Waals surface area contributed by atoms with Gasteiger partial charge in [-0.15, -0.1) is 0 Å². The van der Waals surface area contributed by atoms with Crippen LogP contribution in [-0.4, -0.2) is 34.5 Å². The van der Waals surface area contributed by atoms with E-state index >= 15 is 0 Å². The highest BCUT2D eigenvalue weighted by atomic mass is 16.3. The van der Waals surface area contributed by atoms with E-state index in [2.05, 4.69) is 0 Å². The van der Waals surface area contributed by atoms with Gasteiger partial charge < -0.3 is 15.7 Å². The van der Waals surface area contributed by atoms with E-state index in [1.165, 1.54) is 0 Å². The van der Waals surface area contributed by atoms with E-state index in [4.69, 9.17) is 11.0 Å². The van der Waals surface area contributed by atoms with E-state index in [0.29, 0.717) is 19.4 Å². The predicted octanol–water partition coefficient (Wildman–Crippen LogP) is 1.41. The Hall–Kier alpha value is -2.06. The summed E-state index contributed by atoms with van der Waals surface area (Å²) in [6, 6.07) is 8.06. The number of nitrogens with two attached hydrogens (primary N) is 1. The molecule has 0 radical (unpaired) electrons. The van der Waals surface area contributed by atoms with Gasteiger partial charge in [0.15, 0.2) is 0 Å². The summed E-state index contributed by atoms with van der Waals surface area (Å²) in [5.74, 6) is 0.0369. The molecule has 0 unspecified atom stereocenters. The Bertz CT molecular complexity index is 477. The van der Waals surface area contributed by atoms with Crippen LogP contribution in [0.4, 0.5) is 0 Å². The minimum Gasteiger partial charge on any atom is -0.508 e. The summed E-state index contributed by atoms with van der Waals surface area (Å²) in [6.07, 6.45) is 0.713. The van der Waals surface area contributed by atoms with Crippen LogP contribution < -0.4 is 5.73 Å². The van der Waals surface area contributed by atoms with Gasteiger partial charge in [0.2, 0.25) is 5.91 Å². The van der Waals surface area contributed by atoms with Gasteiger partial charge in [-0.1, -0.05) is 12.1 Å². The van der Waals surface area contributed by atoms with Crippen LogP contribution in [0.25, 0.3) is 0 Å². The largest absolute Gasteiger partial charge is 0.508 e. The fourth-order valence-corrected chi connectivity index (χ4v) is 1.98. The minimum absolute atomic E-state index is 0.0155. The lowest BCUT2D eigenvalue weighted by Gasteiger charge is -2.28. The molecule has 0 bridgehead atoms. The van der Waals surface area contributed by atoms with Crippen molar-refractivity contribution in [3.8, 4) is 11.8 Å². The van der Waals surface area contributed by atoms with Crippen LogP contribution in [0.3, 0.4) is 0 Å². The van der Waals surface area contributed by atoms with Crippen molar-refractivity contribution in [2.45, 2.75) is 38.8 Å². The maximum absolute atomic E-state index is 12.3. The molecule has 1 rings (SSSR count). The van der Waals surface area contributed by atoms with Crippen LogP contribution in [0, 0.1) is 11.3 Å². The van der Waals surface area contributed by atoms with Gasteiger partial charge >= 0.3 is 0 Å². The molecule has 1 amide bonds. The Morgan fingerprint density at radius 3 is 2.50 bits per heavy atom. The Balaban J connectivity index is 2.68. The second kappa shape index (κ2) is 7.51. The Morgan fingerprint density at radius 2 is 2.00 bits per heavy atom. The van der Waals surface area contributed by atoms with Crippen LogP contribution >= 0.6 is 0 Å². The average Bonchev–Trinajstić information content (AvgIpc) is 2.41. The zero-order valence-electron chi connectivity index (χ0n) is 11.9. The predicted molar refractivity (Wildman–Crippen MR) is 76.9 cm³/mol. The molecule has 0 aliphatic carbocycles. The molecule has 1 atom stereocenters. The van der Waals surface area contributed by atoms with Gasteiger partial charge in [-0.05, 0) is 38.0 Å². The summed E-state index contributed by atoms with van der Waals surface area (Å²) in [7, 11) is 0. The van der Waals surface area contributed by atoms with E-state index in [9.17, 15) is 9.90 Å². The van der Waals surface area contributed by atoms with E-state index in [0.717, 1.165) is 5.56 Å². The van der Waals surface area contributed by atoms with Crippen LogP contribution in [0.5, 0.6) is 5.75 Å². The third kappa shape index (κ3) is 4.56. The Labute approximate surface area is 119 Å². The summed E-state index contributed by atoms with van der Waals surface area (Å²) >= 11 is 0. The number of carbonyl (C=O) groups excluding carboxylic acids is 1. The van der Waals surface area contributed by atoms with Crippen molar-refractivity contribution in [2.24, 2.45) is 5.73 Å². The minimum atomic E-state index is -0.638. The molecule has 5 heteroatoms. The van der Waals surface area contributed by atoms with Crippen LogP contribution in [-0.2, 0) is 11.2 Å². The maximum atomic E-state index is 12.3. The van der Waals surface area contributed by atoms with Crippen LogP contribution in [0.2, 0.25) is 0 Å². The van der Waals surface area contributed by atoms with Crippen molar-refractivity contribution in [1.82, 2.24) is 4.90 Å². The summed E-state index contributed by atoms with van der Waals surface area (Å²) < 4.78 is 0. The first-order chi connectivity index (χ1) is 9.45. The summed E-state index contributed by atoms with van der Waals surface area (Å²) in [5.41, 5.74) is 6.86. The first kappa shape index (κ1) is 16.0. The molecule has 0 heterocycles. The Kier molecular flexibility index (Phi) is 6.01. The first-order valence-electron chi connectivity index (χ1n) is 6.66. The first-order valence-corrected chi connectivity index (χ1v) is 6.66. The smallest absolute Gasteiger partial charge is 0.240 e. The molecule has 0 aliphatic heterocycles. The van der Waals surface area contributed by atoms with E-state index < -0.39 is 6.04 Å². The summed E-state index contributed by atoms with van der Waals surface area (Å²) in [4.78, 5) is 13.9. The normalized spacial score (nSPS) is 11.9. The van der Waals surface area contributed by atoms with E-state index in [1.54, 1.807) is 29.2 Å². The number of hydrogen-bond donors (Lipinski definition) is 2. The van der Waals surface area contributed by atoms with Gasteiger partial charge in [-0.2, -0.15) is 5.26 Å². The van der Waals surface area contributed by atoms with Crippen molar-refractivity contribution < 1.29 is 9.90 Å². The summed E-state index contributed by atoms with van der Waals surface area (Å²) in [6.45, 7) is 4.21. The molecular formula is C15H21N3O2. The van der Waals surface area contributed by atoms with Gasteiger partial charge in [0.25, 0.3) is 0 Å². The molecule has 5 nitrogen and oxygen atoms in total. The highest BCUT2D eigenvalue weighted by molar-refractivity contribution is 5.82. The molecule has 108 valence electrons. The average molecular weight is 275 g/mol. The SMILES string of the molecule is CC(C)N(CCC#N)C(=O)[C@@H](N)Cc1ccc(O)cc1. The van der Waals surface area contributed by atoms with E-state index in [-0.39, 0.29) is 17.7 Å². The fourth-order valence-electron chi connectivity index (χ4n) is 1.98. The lowest BCUT2D eigenvalue weighted by Crippen LogP contribution is -2.48. The second-order valence-electron chi connectivity index (χ2n) is 5.01. The Morgan fingerprint density at radius 1 is 1.40 bits per heavy atom. The van der Waals surface area contributed by atoms with Crippen LogP contribution in [0.15, 0.2) is 24.3 Å². The quantitative estimate of drug-likeness (QED) is 0.821. The third-order valence-electron chi connectivity index (χ3n) is 3.08. The second-order valence-corrected chi connectivity index (χ2v) is 5.01. The molecule has 1 aromatic carbocycles. The van der Waals surface area contributed by atoms with Crippen molar-refractivity contribution in [3.63, 3.8) is 0 Å². The van der Waals surface area contributed by atoms with Gasteiger partial charge in [0.05, 0.1) is 18.5 Å². The molecule has 0 saturated carbocycles. The van der Waals surface area contributed by atoms with Crippen molar-refractivity contribution in [1.29, 1.82) is 5.26 Å². The van der Waals surface area contributed by atoms with E-state index in [1.807, 2.05) is 19.9 Å². The highest BCUT2D eigenvalue weighted by Crippen LogP contribution is 2.12. The molecule has 0 aromatic heterocycles. The lowest BCUT2D eigenvalue weighted by atomic mass is 10.0. The topological polar surface area (TPSA) is 90.4 Å². The molecule has 20 heavy (non-hydrogen) atoms. The number of nitriles is 1. The molecule has 0 fully saturated rings. The molecular weight excluding hydrogens is 254 g/mol. The number of phenolic OH excluding ortho intramolecular Hbond substituents is 1. The molecule has 3 N–H and O–H groups in total. The zero-order chi connectivity index (χ0) is 15.1. The number of hydrogen-bond acceptors (Lipinski definition) is 4. The molecule has 0 aliphatic rings. The maximum Gasteiger partial charge on any atom is 0.240 e. The number of carbonyl (C=O) groups is 1. The lowest BCUT2D eigenvalue weighted by molar-refractivity contribution is -0.134. The van der Waals surface area contributed by atoms with Crippen molar-refractivity contribution in [3.05, 3.63) is 29.8 Å². The molecule has 1 aromatic rings. The number of phenols is 1. The molecule has 0 spiro atoms. The number of nitrogens with zero attached hydrogens (tertiary/aromatic N) is 2. The van der Waals surface area contributed by atoms with Gasteiger partial charge in [-0.25, -0.2) is 0 Å². The molecule has 0 saturated heterocycles. The monoisotopic (exact) mass is 275 g/mol. The standard InChI is InChI=1S/C15H21N3O2/c1-11(2)18(9-3-8-16)15(20)14(17)10-12-4-6-13(19)7-5-12/h4-7,11,14,19H,3,9-10,17H2,1-2H3/t14-/m0/s1. The van der Waals surface area contributed by atoms with Gasteiger partial charge in [-0.3, -0.25) is 4.79 Å². The number of benzene rings is 1. The zero-order valence-corrected chi connectivity index (χ0v) is 11.9. The van der Waals surface area contributed by atoms with Crippen LogP contribution in [0.1, 0.15) is 25.8 Å². The highest BCUT2D eigenvalue weighted by Gasteiger charge is 2.23.